The predicted molar refractivity (Wildman–Crippen MR) is 67.0 cm³/mol. The van der Waals surface area contributed by atoms with Gasteiger partial charge in [-0.25, -0.2) is 4.79 Å². The molecule has 0 spiro atoms. The summed E-state index contributed by atoms with van der Waals surface area (Å²) in [5.41, 5.74) is 1.30. The summed E-state index contributed by atoms with van der Waals surface area (Å²) in [6, 6.07) is 1.96. The van der Waals surface area contributed by atoms with Gasteiger partial charge in [0.25, 0.3) is 0 Å². The third kappa shape index (κ3) is 2.79. The molecular formula is C12H17NO3S. The van der Waals surface area contributed by atoms with Crippen molar-refractivity contribution in [2.75, 3.05) is 27.2 Å². The number of rotatable bonds is 1. The molecule has 94 valence electrons. The molecule has 0 saturated carbocycles. The van der Waals surface area contributed by atoms with Gasteiger partial charge in [0.2, 0.25) is 0 Å². The summed E-state index contributed by atoms with van der Waals surface area (Å²) < 4.78 is 9.57. The van der Waals surface area contributed by atoms with E-state index in [0.717, 1.165) is 19.5 Å². The van der Waals surface area contributed by atoms with Gasteiger partial charge in [-0.15, -0.1) is 11.3 Å². The molecular weight excluding hydrogens is 238 g/mol. The average Bonchev–Trinajstić information content (AvgIpc) is 2.64. The van der Waals surface area contributed by atoms with Crippen molar-refractivity contribution in [2.24, 2.45) is 0 Å². The molecule has 0 aromatic carbocycles. The van der Waals surface area contributed by atoms with Gasteiger partial charge >= 0.3 is 6.16 Å². The van der Waals surface area contributed by atoms with Crippen molar-refractivity contribution in [3.63, 3.8) is 0 Å². The lowest BCUT2D eigenvalue weighted by Crippen LogP contribution is -2.22. The van der Waals surface area contributed by atoms with Crippen LogP contribution in [0.1, 0.15) is 23.3 Å². The molecule has 1 aromatic rings. The molecule has 0 bridgehead atoms. The van der Waals surface area contributed by atoms with Gasteiger partial charge in [-0.3, -0.25) is 0 Å². The normalized spacial score (nSPS) is 20.5. The van der Waals surface area contributed by atoms with Crippen LogP contribution in [-0.2, 0) is 11.2 Å². The number of methoxy groups -OCH3 is 1. The molecule has 1 aliphatic rings. The molecule has 1 unspecified atom stereocenters. The molecule has 0 N–H and O–H groups in total. The van der Waals surface area contributed by atoms with E-state index in [4.69, 9.17) is 4.74 Å². The second-order valence-corrected chi connectivity index (χ2v) is 5.47. The van der Waals surface area contributed by atoms with Crippen LogP contribution in [0.4, 0.5) is 4.79 Å². The highest BCUT2D eigenvalue weighted by Crippen LogP contribution is 2.37. The average molecular weight is 255 g/mol. The standard InChI is InChI=1S/C12H17NO3S/c1-8-7-13(2)5-4-9-6-10(17-11(8)9)16-12(14)15-3/h6,8H,4-5,7H2,1-3H3. The van der Waals surface area contributed by atoms with Crippen LogP contribution in [0, 0.1) is 0 Å². The van der Waals surface area contributed by atoms with E-state index in [1.165, 1.54) is 17.6 Å². The zero-order valence-electron chi connectivity index (χ0n) is 10.4. The first-order chi connectivity index (χ1) is 8.10. The molecule has 0 saturated heterocycles. The summed E-state index contributed by atoms with van der Waals surface area (Å²) >= 11 is 1.55. The Hall–Kier alpha value is -1.07. The van der Waals surface area contributed by atoms with Crippen LogP contribution in [0.2, 0.25) is 0 Å². The molecule has 0 amide bonds. The minimum absolute atomic E-state index is 0.484. The van der Waals surface area contributed by atoms with E-state index >= 15 is 0 Å². The third-order valence-corrected chi connectivity index (χ3v) is 4.25. The molecule has 5 heteroatoms. The molecule has 2 heterocycles. The lowest BCUT2D eigenvalue weighted by atomic mass is 10.1. The Labute approximate surface area is 105 Å². The van der Waals surface area contributed by atoms with Crippen LogP contribution in [0.15, 0.2) is 6.07 Å². The van der Waals surface area contributed by atoms with Gasteiger partial charge in [-0.2, -0.15) is 0 Å². The summed E-state index contributed by atoms with van der Waals surface area (Å²) in [4.78, 5) is 14.7. The molecule has 17 heavy (non-hydrogen) atoms. The molecule has 0 radical (unpaired) electrons. The maximum absolute atomic E-state index is 11.0. The van der Waals surface area contributed by atoms with Gasteiger partial charge in [-0.1, -0.05) is 6.92 Å². The Balaban J connectivity index is 2.18. The molecule has 1 atom stereocenters. The lowest BCUT2D eigenvalue weighted by molar-refractivity contribution is 0.123. The quantitative estimate of drug-likeness (QED) is 0.723. The van der Waals surface area contributed by atoms with Crippen molar-refractivity contribution in [1.82, 2.24) is 4.90 Å². The van der Waals surface area contributed by atoms with Crippen LogP contribution in [-0.4, -0.2) is 38.3 Å². The largest absolute Gasteiger partial charge is 0.514 e. The first kappa shape index (κ1) is 12.4. The highest BCUT2D eigenvalue weighted by Gasteiger charge is 2.22. The molecule has 2 rings (SSSR count). The number of likely N-dealkylation sites (N-methyl/N-ethyl adjacent to an activating group) is 1. The number of fused-ring (bicyclic) bond motifs is 1. The van der Waals surface area contributed by atoms with Gasteiger partial charge in [0.05, 0.1) is 7.11 Å². The van der Waals surface area contributed by atoms with E-state index in [-0.39, 0.29) is 0 Å². The van der Waals surface area contributed by atoms with E-state index in [9.17, 15) is 4.79 Å². The monoisotopic (exact) mass is 255 g/mol. The summed E-state index contributed by atoms with van der Waals surface area (Å²) in [5, 5.41) is 0.637. The number of hydrogen-bond acceptors (Lipinski definition) is 5. The minimum atomic E-state index is -0.647. The molecule has 0 fully saturated rings. The summed E-state index contributed by atoms with van der Waals surface area (Å²) in [6.45, 7) is 4.30. The number of nitrogens with zero attached hydrogens (tertiary/aromatic N) is 1. The highest BCUT2D eigenvalue weighted by atomic mass is 32.1. The van der Waals surface area contributed by atoms with Crippen LogP contribution in [0.25, 0.3) is 0 Å². The van der Waals surface area contributed by atoms with Crippen molar-refractivity contribution >= 4 is 17.5 Å². The molecule has 4 nitrogen and oxygen atoms in total. The SMILES string of the molecule is COC(=O)Oc1cc2c(s1)C(C)CN(C)CC2. The smallest absolute Gasteiger partial charge is 0.437 e. The molecule has 0 aliphatic carbocycles. The fraction of sp³-hybridized carbons (Fsp3) is 0.583. The first-order valence-electron chi connectivity index (χ1n) is 5.67. The number of carbonyl (C=O) groups excluding carboxylic acids is 1. The van der Waals surface area contributed by atoms with Crippen molar-refractivity contribution in [3.05, 3.63) is 16.5 Å². The van der Waals surface area contributed by atoms with E-state index in [0.29, 0.717) is 11.0 Å². The Morgan fingerprint density at radius 2 is 2.35 bits per heavy atom. The zero-order valence-corrected chi connectivity index (χ0v) is 11.2. The van der Waals surface area contributed by atoms with Gasteiger partial charge < -0.3 is 14.4 Å². The lowest BCUT2D eigenvalue weighted by Gasteiger charge is -2.16. The second-order valence-electron chi connectivity index (χ2n) is 4.42. The van der Waals surface area contributed by atoms with Crippen LogP contribution in [0.5, 0.6) is 5.06 Å². The van der Waals surface area contributed by atoms with Crippen LogP contribution < -0.4 is 4.74 Å². The van der Waals surface area contributed by atoms with Crippen molar-refractivity contribution < 1.29 is 14.3 Å². The van der Waals surface area contributed by atoms with E-state index in [1.54, 1.807) is 11.3 Å². The van der Waals surface area contributed by atoms with E-state index < -0.39 is 6.16 Å². The first-order valence-corrected chi connectivity index (χ1v) is 6.48. The summed E-state index contributed by atoms with van der Waals surface area (Å²) in [5.74, 6) is 0.484. The van der Waals surface area contributed by atoms with Crippen LogP contribution >= 0.6 is 11.3 Å². The number of ether oxygens (including phenoxy) is 2. The highest BCUT2D eigenvalue weighted by molar-refractivity contribution is 7.14. The third-order valence-electron chi connectivity index (χ3n) is 2.97. The Kier molecular flexibility index (Phi) is 3.69. The van der Waals surface area contributed by atoms with Crippen molar-refractivity contribution in [3.8, 4) is 5.06 Å². The topological polar surface area (TPSA) is 38.8 Å². The van der Waals surface area contributed by atoms with Gasteiger partial charge in [-0.05, 0) is 25.1 Å². The van der Waals surface area contributed by atoms with E-state index in [2.05, 4.69) is 23.6 Å². The number of carbonyl (C=O) groups is 1. The fourth-order valence-electron chi connectivity index (χ4n) is 2.16. The summed E-state index contributed by atoms with van der Waals surface area (Å²) in [6.07, 6.45) is 0.364. The predicted octanol–water partition coefficient (Wildman–Crippen LogP) is 2.48. The maximum Gasteiger partial charge on any atom is 0.514 e. The summed E-state index contributed by atoms with van der Waals surface area (Å²) in [7, 11) is 3.46. The van der Waals surface area contributed by atoms with Crippen molar-refractivity contribution in [2.45, 2.75) is 19.3 Å². The minimum Gasteiger partial charge on any atom is -0.437 e. The Bertz CT molecular complexity index is 416. The Morgan fingerprint density at radius 3 is 3.06 bits per heavy atom. The van der Waals surface area contributed by atoms with Crippen molar-refractivity contribution in [1.29, 1.82) is 0 Å². The fourth-order valence-corrected chi connectivity index (χ4v) is 3.25. The second kappa shape index (κ2) is 5.06. The molecule has 1 aliphatic heterocycles. The van der Waals surface area contributed by atoms with Gasteiger partial charge in [0, 0.05) is 23.9 Å². The van der Waals surface area contributed by atoms with E-state index in [1.807, 2.05) is 6.07 Å². The zero-order chi connectivity index (χ0) is 12.4. The number of hydrogen-bond donors (Lipinski definition) is 0. The maximum atomic E-state index is 11.0. The van der Waals surface area contributed by atoms with Gasteiger partial charge in [0.1, 0.15) is 0 Å². The molecule has 1 aromatic heterocycles. The van der Waals surface area contributed by atoms with Gasteiger partial charge in [0.15, 0.2) is 5.06 Å². The Morgan fingerprint density at radius 1 is 1.59 bits per heavy atom. The van der Waals surface area contributed by atoms with Crippen LogP contribution in [0.3, 0.4) is 0 Å². The number of thiophene rings is 1.